The summed E-state index contributed by atoms with van der Waals surface area (Å²) in [6, 6.07) is 0. The van der Waals surface area contributed by atoms with Crippen LogP contribution in [0.3, 0.4) is 0 Å². The number of hydrogen-bond acceptors (Lipinski definition) is 4. The van der Waals surface area contributed by atoms with Crippen LogP contribution in [0.25, 0.3) is 0 Å². The Morgan fingerprint density at radius 1 is 1.69 bits per heavy atom. The van der Waals surface area contributed by atoms with Crippen molar-refractivity contribution < 1.29 is 9.53 Å². The van der Waals surface area contributed by atoms with Gasteiger partial charge in [-0.1, -0.05) is 0 Å². The summed E-state index contributed by atoms with van der Waals surface area (Å²) in [6.07, 6.45) is 3.99. The third kappa shape index (κ3) is 3.03. The molecule has 0 spiro atoms. The lowest BCUT2D eigenvalue weighted by Crippen LogP contribution is -2.30. The molecule has 0 unspecified atom stereocenters. The lowest BCUT2D eigenvalue weighted by molar-refractivity contribution is 0.0676. The molecule has 1 saturated carbocycles. The van der Waals surface area contributed by atoms with Crippen molar-refractivity contribution in [3.8, 4) is 0 Å². The predicted octanol–water partition coefficient (Wildman–Crippen LogP) is 0.303. The largest absolute Gasteiger partial charge is 0.379 e. The zero-order valence-corrected chi connectivity index (χ0v) is 9.35. The average Bonchev–Trinajstić information content (AvgIpc) is 2.95. The zero-order chi connectivity index (χ0) is 11.4. The van der Waals surface area contributed by atoms with Gasteiger partial charge >= 0.3 is 0 Å². The fourth-order valence-corrected chi connectivity index (χ4v) is 1.34. The monoisotopic (exact) mass is 224 g/mol. The number of rotatable bonds is 6. The van der Waals surface area contributed by atoms with E-state index in [9.17, 15) is 4.79 Å². The van der Waals surface area contributed by atoms with Crippen LogP contribution in [0.4, 0.5) is 0 Å². The molecule has 1 heterocycles. The number of nitrogens with zero attached hydrogens (tertiary/aromatic N) is 3. The number of H-pyrrole nitrogens is 1. The van der Waals surface area contributed by atoms with Crippen molar-refractivity contribution in [1.29, 1.82) is 0 Å². The molecule has 0 saturated heterocycles. The summed E-state index contributed by atoms with van der Waals surface area (Å²) in [5.41, 5.74) is 0.338. The molecule has 1 aromatic heterocycles. The molecule has 6 nitrogen and oxygen atoms in total. The van der Waals surface area contributed by atoms with Crippen LogP contribution in [0, 0.1) is 5.92 Å². The minimum absolute atomic E-state index is 0.135. The van der Waals surface area contributed by atoms with Crippen LogP contribution in [0.15, 0.2) is 6.20 Å². The van der Waals surface area contributed by atoms with E-state index in [1.807, 2.05) is 0 Å². The molecule has 0 radical (unpaired) electrons. The van der Waals surface area contributed by atoms with Crippen molar-refractivity contribution in [3.05, 3.63) is 11.9 Å². The van der Waals surface area contributed by atoms with Gasteiger partial charge in [0.05, 0.1) is 12.8 Å². The standard InChI is InChI=1S/C10H16N4O2/c1-14(4-5-16-7-8-2-3-8)10(15)9-6-11-13-12-9/h6,8H,2-5,7H2,1H3,(H,11,12,13). The van der Waals surface area contributed by atoms with Crippen LogP contribution in [0.5, 0.6) is 0 Å². The quantitative estimate of drug-likeness (QED) is 0.706. The van der Waals surface area contributed by atoms with Gasteiger partial charge in [0, 0.05) is 20.2 Å². The number of carbonyl (C=O) groups excluding carboxylic acids is 1. The Hall–Kier alpha value is -1.43. The van der Waals surface area contributed by atoms with Crippen molar-refractivity contribution in [2.75, 3.05) is 26.8 Å². The molecular weight excluding hydrogens is 208 g/mol. The van der Waals surface area contributed by atoms with Crippen LogP contribution in [0.2, 0.25) is 0 Å². The SMILES string of the molecule is CN(CCOCC1CC1)C(=O)c1cn[nH]n1. The Bertz CT molecular complexity index is 335. The Morgan fingerprint density at radius 3 is 3.12 bits per heavy atom. The van der Waals surface area contributed by atoms with Crippen LogP contribution in [-0.2, 0) is 4.74 Å². The van der Waals surface area contributed by atoms with E-state index < -0.39 is 0 Å². The Balaban J connectivity index is 1.66. The number of amides is 1. The normalized spacial score (nSPS) is 15.1. The lowest BCUT2D eigenvalue weighted by atomic mass is 10.4. The van der Waals surface area contributed by atoms with Gasteiger partial charge in [0.25, 0.3) is 5.91 Å². The second-order valence-electron chi connectivity index (χ2n) is 4.10. The van der Waals surface area contributed by atoms with E-state index in [4.69, 9.17) is 4.74 Å². The third-order valence-electron chi connectivity index (χ3n) is 2.60. The van der Waals surface area contributed by atoms with Gasteiger partial charge in [-0.2, -0.15) is 15.4 Å². The smallest absolute Gasteiger partial charge is 0.275 e. The number of carbonyl (C=O) groups is 1. The van der Waals surface area contributed by atoms with E-state index in [0.29, 0.717) is 18.8 Å². The first-order valence-electron chi connectivity index (χ1n) is 5.46. The van der Waals surface area contributed by atoms with Gasteiger partial charge in [-0.25, -0.2) is 0 Å². The zero-order valence-electron chi connectivity index (χ0n) is 9.35. The number of aromatic amines is 1. The summed E-state index contributed by atoms with van der Waals surface area (Å²) in [5, 5.41) is 9.75. The van der Waals surface area contributed by atoms with E-state index in [1.165, 1.54) is 19.0 Å². The maximum atomic E-state index is 11.7. The van der Waals surface area contributed by atoms with Gasteiger partial charge in [0.2, 0.25) is 0 Å². The van der Waals surface area contributed by atoms with Crippen LogP contribution >= 0.6 is 0 Å². The second-order valence-corrected chi connectivity index (χ2v) is 4.10. The maximum Gasteiger partial charge on any atom is 0.275 e. The van der Waals surface area contributed by atoms with E-state index in [-0.39, 0.29) is 5.91 Å². The summed E-state index contributed by atoms with van der Waals surface area (Å²) in [7, 11) is 1.73. The van der Waals surface area contributed by atoms with Gasteiger partial charge < -0.3 is 9.64 Å². The predicted molar refractivity (Wildman–Crippen MR) is 56.9 cm³/mol. The minimum Gasteiger partial charge on any atom is -0.379 e. The van der Waals surface area contributed by atoms with Crippen molar-refractivity contribution in [2.24, 2.45) is 5.92 Å². The maximum absolute atomic E-state index is 11.7. The van der Waals surface area contributed by atoms with Crippen molar-refractivity contribution in [3.63, 3.8) is 0 Å². The number of ether oxygens (including phenoxy) is 1. The first kappa shape index (κ1) is 11.1. The highest BCUT2D eigenvalue weighted by atomic mass is 16.5. The third-order valence-corrected chi connectivity index (χ3v) is 2.60. The highest BCUT2D eigenvalue weighted by Gasteiger charge is 2.21. The first-order chi connectivity index (χ1) is 7.77. The van der Waals surface area contributed by atoms with E-state index in [2.05, 4.69) is 15.4 Å². The highest BCUT2D eigenvalue weighted by molar-refractivity contribution is 5.91. The molecule has 0 aliphatic heterocycles. The van der Waals surface area contributed by atoms with Crippen LogP contribution < -0.4 is 0 Å². The molecule has 2 rings (SSSR count). The summed E-state index contributed by atoms with van der Waals surface area (Å²) in [6.45, 7) is 1.99. The Morgan fingerprint density at radius 2 is 2.50 bits per heavy atom. The Labute approximate surface area is 94.0 Å². The minimum atomic E-state index is -0.135. The molecule has 6 heteroatoms. The number of likely N-dealkylation sites (N-methyl/N-ethyl adjacent to an activating group) is 1. The molecule has 0 bridgehead atoms. The number of aromatic nitrogens is 3. The number of hydrogen-bond donors (Lipinski definition) is 1. The van der Waals surface area contributed by atoms with Crippen molar-refractivity contribution in [2.45, 2.75) is 12.8 Å². The van der Waals surface area contributed by atoms with E-state index in [1.54, 1.807) is 11.9 Å². The molecular formula is C10H16N4O2. The van der Waals surface area contributed by atoms with Crippen molar-refractivity contribution >= 4 is 5.91 Å². The molecule has 1 N–H and O–H groups in total. The fourth-order valence-electron chi connectivity index (χ4n) is 1.34. The van der Waals surface area contributed by atoms with Gasteiger partial charge in [-0.15, -0.1) is 0 Å². The van der Waals surface area contributed by atoms with Crippen molar-refractivity contribution in [1.82, 2.24) is 20.3 Å². The summed E-state index contributed by atoms with van der Waals surface area (Å²) in [4.78, 5) is 13.3. The molecule has 88 valence electrons. The Kier molecular flexibility index (Phi) is 3.51. The summed E-state index contributed by atoms with van der Waals surface area (Å²) < 4.78 is 5.46. The molecule has 16 heavy (non-hydrogen) atoms. The van der Waals surface area contributed by atoms with Gasteiger partial charge in [0.1, 0.15) is 0 Å². The second kappa shape index (κ2) is 5.07. The molecule has 1 aliphatic rings. The molecule has 1 aromatic rings. The summed E-state index contributed by atoms with van der Waals surface area (Å²) in [5.74, 6) is 0.625. The van der Waals surface area contributed by atoms with E-state index >= 15 is 0 Å². The van der Waals surface area contributed by atoms with Gasteiger partial charge in [-0.05, 0) is 18.8 Å². The number of nitrogens with one attached hydrogen (secondary N) is 1. The fraction of sp³-hybridized carbons (Fsp3) is 0.700. The van der Waals surface area contributed by atoms with Gasteiger partial charge in [-0.3, -0.25) is 4.79 Å². The van der Waals surface area contributed by atoms with Crippen LogP contribution in [0.1, 0.15) is 23.3 Å². The molecule has 0 aromatic carbocycles. The average molecular weight is 224 g/mol. The lowest BCUT2D eigenvalue weighted by Gasteiger charge is -2.15. The van der Waals surface area contributed by atoms with Gasteiger partial charge in [0.15, 0.2) is 5.69 Å². The highest BCUT2D eigenvalue weighted by Crippen LogP contribution is 2.28. The topological polar surface area (TPSA) is 71.1 Å². The van der Waals surface area contributed by atoms with Crippen LogP contribution in [-0.4, -0.2) is 53.0 Å². The molecule has 1 aliphatic carbocycles. The first-order valence-corrected chi connectivity index (χ1v) is 5.46. The molecule has 1 fully saturated rings. The summed E-state index contributed by atoms with van der Waals surface area (Å²) >= 11 is 0. The molecule has 1 amide bonds. The molecule has 0 atom stereocenters. The van der Waals surface area contributed by atoms with E-state index in [0.717, 1.165) is 12.5 Å².